The van der Waals surface area contributed by atoms with E-state index in [1.807, 2.05) is 6.20 Å². The summed E-state index contributed by atoms with van der Waals surface area (Å²) in [7, 11) is 0. The van der Waals surface area contributed by atoms with Crippen LogP contribution in [0.1, 0.15) is 16.8 Å². The van der Waals surface area contributed by atoms with E-state index in [0.29, 0.717) is 13.1 Å². The fraction of sp³-hybridized carbons (Fsp3) is 0.455. The zero-order chi connectivity index (χ0) is 11.8. The number of carbonyl (C=O) groups is 1. The van der Waals surface area contributed by atoms with Crippen molar-refractivity contribution in [1.29, 1.82) is 0 Å². The second-order valence-electron chi connectivity index (χ2n) is 3.16. The van der Waals surface area contributed by atoms with E-state index in [2.05, 4.69) is 28.5 Å². The molecule has 0 spiro atoms. The van der Waals surface area contributed by atoms with Crippen LogP contribution in [0.5, 0.6) is 0 Å². The monoisotopic (exact) mass is 237 g/mol. The van der Waals surface area contributed by atoms with Crippen molar-refractivity contribution in [3.8, 4) is 12.3 Å². The molecule has 5 heteroatoms. The van der Waals surface area contributed by atoms with Crippen LogP contribution < -0.4 is 10.6 Å². The molecule has 1 heterocycles. The molecule has 0 fully saturated rings. The van der Waals surface area contributed by atoms with E-state index in [1.165, 1.54) is 4.88 Å². The first kappa shape index (κ1) is 12.7. The summed E-state index contributed by atoms with van der Waals surface area (Å²) < 4.78 is 0. The average Bonchev–Trinajstić information content (AvgIpc) is 2.74. The largest absolute Gasteiger partial charge is 0.348 e. The van der Waals surface area contributed by atoms with E-state index in [-0.39, 0.29) is 12.5 Å². The number of thiazole rings is 1. The number of terminal acetylenes is 1. The van der Waals surface area contributed by atoms with Gasteiger partial charge < -0.3 is 5.32 Å². The first-order valence-electron chi connectivity index (χ1n) is 5.10. The number of rotatable bonds is 6. The molecule has 0 unspecified atom stereocenters. The van der Waals surface area contributed by atoms with Crippen LogP contribution in [0.15, 0.2) is 6.20 Å². The van der Waals surface area contributed by atoms with Crippen molar-refractivity contribution in [3.05, 3.63) is 16.1 Å². The van der Waals surface area contributed by atoms with Crippen LogP contribution >= 0.6 is 11.3 Å². The standard InChI is InChI=1S/C11H15N3OS/c1-3-5-12-7-10(15)13-8-11-14-6-9(4-2)16-11/h1,6,12H,4-5,7-8H2,2H3,(H,13,15). The molecule has 0 atom stereocenters. The molecule has 1 aromatic rings. The number of amides is 1. The highest BCUT2D eigenvalue weighted by Gasteiger charge is 2.03. The molecule has 1 rings (SSSR count). The van der Waals surface area contributed by atoms with E-state index in [9.17, 15) is 4.79 Å². The van der Waals surface area contributed by atoms with Gasteiger partial charge in [0.25, 0.3) is 0 Å². The van der Waals surface area contributed by atoms with Crippen LogP contribution in [0.2, 0.25) is 0 Å². The van der Waals surface area contributed by atoms with Gasteiger partial charge in [-0.05, 0) is 6.42 Å². The van der Waals surface area contributed by atoms with Gasteiger partial charge in [-0.25, -0.2) is 4.98 Å². The molecule has 0 saturated carbocycles. The van der Waals surface area contributed by atoms with Gasteiger partial charge in [-0.2, -0.15) is 0 Å². The molecule has 0 bridgehead atoms. The molecule has 0 aliphatic carbocycles. The minimum absolute atomic E-state index is 0.0662. The zero-order valence-corrected chi connectivity index (χ0v) is 10.1. The Hall–Kier alpha value is -1.38. The first-order valence-corrected chi connectivity index (χ1v) is 5.92. The van der Waals surface area contributed by atoms with Gasteiger partial charge in [-0.15, -0.1) is 17.8 Å². The van der Waals surface area contributed by atoms with Gasteiger partial charge in [-0.3, -0.25) is 10.1 Å². The Morgan fingerprint density at radius 1 is 1.69 bits per heavy atom. The number of hydrogen-bond donors (Lipinski definition) is 2. The minimum atomic E-state index is -0.0662. The topological polar surface area (TPSA) is 54.0 Å². The number of nitrogens with zero attached hydrogens (tertiary/aromatic N) is 1. The Morgan fingerprint density at radius 3 is 3.12 bits per heavy atom. The van der Waals surface area contributed by atoms with Crippen LogP contribution in [0.25, 0.3) is 0 Å². The van der Waals surface area contributed by atoms with Crippen molar-refractivity contribution >= 4 is 17.2 Å². The summed E-state index contributed by atoms with van der Waals surface area (Å²) in [5.41, 5.74) is 0. The third-order valence-electron chi connectivity index (χ3n) is 1.90. The van der Waals surface area contributed by atoms with Crippen molar-refractivity contribution in [2.75, 3.05) is 13.1 Å². The molecule has 0 saturated heterocycles. The molecule has 0 aromatic carbocycles. The molecule has 16 heavy (non-hydrogen) atoms. The maximum atomic E-state index is 11.3. The predicted molar refractivity (Wildman–Crippen MR) is 65.0 cm³/mol. The molecular weight excluding hydrogens is 222 g/mol. The Bertz CT molecular complexity index is 381. The smallest absolute Gasteiger partial charge is 0.234 e. The van der Waals surface area contributed by atoms with Crippen LogP contribution in [0.4, 0.5) is 0 Å². The van der Waals surface area contributed by atoms with E-state index in [4.69, 9.17) is 6.42 Å². The van der Waals surface area contributed by atoms with Gasteiger partial charge in [-0.1, -0.05) is 12.8 Å². The van der Waals surface area contributed by atoms with E-state index >= 15 is 0 Å². The SMILES string of the molecule is C#CCNCC(=O)NCc1ncc(CC)s1. The van der Waals surface area contributed by atoms with Gasteiger partial charge in [0.2, 0.25) is 5.91 Å². The van der Waals surface area contributed by atoms with Crippen molar-refractivity contribution in [2.45, 2.75) is 19.9 Å². The molecule has 1 amide bonds. The second kappa shape index (κ2) is 6.99. The van der Waals surface area contributed by atoms with Crippen LogP contribution in [0, 0.1) is 12.3 Å². The van der Waals surface area contributed by atoms with Crippen molar-refractivity contribution in [1.82, 2.24) is 15.6 Å². The minimum Gasteiger partial charge on any atom is -0.348 e. The van der Waals surface area contributed by atoms with E-state index in [1.54, 1.807) is 11.3 Å². The molecule has 2 N–H and O–H groups in total. The molecule has 86 valence electrons. The number of hydrogen-bond acceptors (Lipinski definition) is 4. The van der Waals surface area contributed by atoms with Crippen LogP contribution in [0.3, 0.4) is 0 Å². The van der Waals surface area contributed by atoms with Gasteiger partial charge in [0.05, 0.1) is 19.6 Å². The number of nitrogens with one attached hydrogen (secondary N) is 2. The second-order valence-corrected chi connectivity index (χ2v) is 4.36. The summed E-state index contributed by atoms with van der Waals surface area (Å²) in [6, 6.07) is 0. The normalized spacial score (nSPS) is 9.75. The van der Waals surface area contributed by atoms with Gasteiger partial charge in [0, 0.05) is 11.1 Å². The average molecular weight is 237 g/mol. The molecule has 4 nitrogen and oxygen atoms in total. The van der Waals surface area contributed by atoms with Crippen LogP contribution in [-0.4, -0.2) is 24.0 Å². The summed E-state index contributed by atoms with van der Waals surface area (Å²) in [5, 5.41) is 6.53. The van der Waals surface area contributed by atoms with Crippen molar-refractivity contribution in [2.24, 2.45) is 0 Å². The summed E-state index contributed by atoms with van der Waals surface area (Å²) in [5.74, 6) is 2.34. The fourth-order valence-corrected chi connectivity index (χ4v) is 1.88. The highest BCUT2D eigenvalue weighted by Crippen LogP contribution is 2.12. The fourth-order valence-electron chi connectivity index (χ4n) is 1.08. The van der Waals surface area contributed by atoms with Gasteiger partial charge >= 0.3 is 0 Å². The summed E-state index contributed by atoms with van der Waals surface area (Å²) in [6.45, 7) is 3.22. The van der Waals surface area contributed by atoms with E-state index < -0.39 is 0 Å². The van der Waals surface area contributed by atoms with E-state index in [0.717, 1.165) is 11.4 Å². The molecule has 0 radical (unpaired) electrons. The maximum absolute atomic E-state index is 11.3. The Balaban J connectivity index is 2.23. The summed E-state index contributed by atoms with van der Waals surface area (Å²) >= 11 is 1.62. The molecule has 0 aliphatic heterocycles. The number of aromatic nitrogens is 1. The Kier molecular flexibility index (Phi) is 5.54. The lowest BCUT2D eigenvalue weighted by Crippen LogP contribution is -2.33. The lowest BCUT2D eigenvalue weighted by atomic mass is 10.4. The van der Waals surface area contributed by atoms with Crippen LogP contribution in [-0.2, 0) is 17.8 Å². The van der Waals surface area contributed by atoms with Gasteiger partial charge in [0.1, 0.15) is 5.01 Å². The number of aryl methyl sites for hydroxylation is 1. The highest BCUT2D eigenvalue weighted by molar-refractivity contribution is 7.11. The molecular formula is C11H15N3OS. The third kappa shape index (κ3) is 4.43. The molecule has 0 aliphatic rings. The number of carbonyl (C=O) groups excluding carboxylic acids is 1. The quantitative estimate of drug-likeness (QED) is 0.561. The lowest BCUT2D eigenvalue weighted by molar-refractivity contribution is -0.120. The van der Waals surface area contributed by atoms with Gasteiger partial charge in [0.15, 0.2) is 0 Å². The highest BCUT2D eigenvalue weighted by atomic mass is 32.1. The molecule has 1 aromatic heterocycles. The summed E-state index contributed by atoms with van der Waals surface area (Å²) in [6.07, 6.45) is 7.88. The summed E-state index contributed by atoms with van der Waals surface area (Å²) in [4.78, 5) is 16.7. The maximum Gasteiger partial charge on any atom is 0.234 e. The first-order chi connectivity index (χ1) is 7.76. The lowest BCUT2D eigenvalue weighted by Gasteiger charge is -2.02. The van der Waals surface area contributed by atoms with Crippen molar-refractivity contribution < 1.29 is 4.79 Å². The Labute approximate surface area is 99.5 Å². The van der Waals surface area contributed by atoms with Crippen molar-refractivity contribution in [3.63, 3.8) is 0 Å². The third-order valence-corrected chi connectivity index (χ3v) is 3.04. The predicted octanol–water partition coefficient (Wildman–Crippen LogP) is 0.544. The Morgan fingerprint density at radius 2 is 2.50 bits per heavy atom. The zero-order valence-electron chi connectivity index (χ0n) is 9.25.